The van der Waals surface area contributed by atoms with Crippen LogP contribution in [0.3, 0.4) is 0 Å². The molecule has 26 heavy (non-hydrogen) atoms. The molecule has 0 saturated heterocycles. The van der Waals surface area contributed by atoms with Gasteiger partial charge in [0.15, 0.2) is 0 Å². The van der Waals surface area contributed by atoms with Crippen molar-refractivity contribution in [3.05, 3.63) is 63.7 Å². The van der Waals surface area contributed by atoms with Crippen LogP contribution in [0, 0.1) is 6.92 Å². The second-order valence-electron chi connectivity index (χ2n) is 6.28. The molecule has 0 radical (unpaired) electrons. The maximum atomic E-state index is 12.6. The first-order chi connectivity index (χ1) is 12.5. The first-order valence-corrected chi connectivity index (χ1v) is 8.52. The van der Waals surface area contributed by atoms with Crippen LogP contribution >= 0.6 is 11.6 Å². The van der Waals surface area contributed by atoms with Gasteiger partial charge in [0.05, 0.1) is 41.9 Å². The topological polar surface area (TPSA) is 85.8 Å². The Labute approximate surface area is 153 Å². The van der Waals surface area contributed by atoms with Crippen molar-refractivity contribution in [1.82, 2.24) is 24.5 Å². The van der Waals surface area contributed by atoms with Crippen LogP contribution in [0.4, 0.5) is 0 Å². The Morgan fingerprint density at radius 3 is 2.85 bits per heavy atom. The Balaban J connectivity index is 1.59. The van der Waals surface area contributed by atoms with E-state index in [2.05, 4.69) is 15.3 Å². The Hall–Kier alpha value is -2.77. The zero-order chi connectivity index (χ0) is 18.3. The van der Waals surface area contributed by atoms with E-state index in [9.17, 15) is 9.90 Å². The number of aromatic nitrogens is 5. The highest BCUT2D eigenvalue weighted by Gasteiger charge is 2.13. The SMILES string of the molecule is Cc1ccc2c(c1)nnn2CC(O)Cn1cnc2cc(Cl)ccc2c1=O. The Bertz CT molecular complexity index is 1170. The van der Waals surface area contributed by atoms with Crippen molar-refractivity contribution in [2.75, 3.05) is 0 Å². The molecule has 0 aliphatic rings. The summed E-state index contributed by atoms with van der Waals surface area (Å²) in [6.07, 6.45) is 0.609. The second-order valence-corrected chi connectivity index (χ2v) is 6.72. The first-order valence-electron chi connectivity index (χ1n) is 8.14. The molecule has 0 aliphatic carbocycles. The molecule has 4 rings (SSSR count). The van der Waals surface area contributed by atoms with Crippen LogP contribution in [0.1, 0.15) is 5.56 Å². The molecule has 1 unspecified atom stereocenters. The molecule has 0 aliphatic heterocycles. The van der Waals surface area contributed by atoms with E-state index in [1.54, 1.807) is 22.9 Å². The number of aliphatic hydroxyl groups excluding tert-OH is 1. The monoisotopic (exact) mass is 369 g/mol. The van der Waals surface area contributed by atoms with E-state index in [1.165, 1.54) is 10.9 Å². The summed E-state index contributed by atoms with van der Waals surface area (Å²) in [4.78, 5) is 16.8. The predicted molar refractivity (Wildman–Crippen MR) is 99.3 cm³/mol. The van der Waals surface area contributed by atoms with Crippen molar-refractivity contribution < 1.29 is 5.11 Å². The highest BCUT2D eigenvalue weighted by Crippen LogP contribution is 2.15. The molecule has 0 amide bonds. The second kappa shape index (κ2) is 6.51. The minimum atomic E-state index is -0.814. The molecular weight excluding hydrogens is 354 g/mol. The molecule has 132 valence electrons. The van der Waals surface area contributed by atoms with Gasteiger partial charge < -0.3 is 5.11 Å². The average molecular weight is 370 g/mol. The fourth-order valence-electron chi connectivity index (χ4n) is 2.96. The van der Waals surface area contributed by atoms with Crippen LogP contribution in [0.25, 0.3) is 21.9 Å². The summed E-state index contributed by atoms with van der Waals surface area (Å²) in [6, 6.07) is 10.8. The third-order valence-corrected chi connectivity index (χ3v) is 4.48. The standard InChI is InChI=1S/C18H16ClN5O2/c1-11-2-5-17-16(6-11)21-22-24(17)9-13(25)8-23-10-20-15-7-12(19)3-4-14(15)18(23)26/h2-7,10,13,25H,8-9H2,1H3. The molecule has 1 N–H and O–H groups in total. The third kappa shape index (κ3) is 3.07. The Morgan fingerprint density at radius 2 is 2.00 bits per heavy atom. The van der Waals surface area contributed by atoms with Crippen LogP contribution < -0.4 is 5.56 Å². The number of rotatable bonds is 4. The molecule has 0 fully saturated rings. The number of aliphatic hydroxyl groups is 1. The van der Waals surface area contributed by atoms with Gasteiger partial charge in [-0.2, -0.15) is 0 Å². The van der Waals surface area contributed by atoms with Crippen LogP contribution in [0.2, 0.25) is 5.02 Å². The molecule has 7 nitrogen and oxygen atoms in total. The van der Waals surface area contributed by atoms with Crippen molar-refractivity contribution in [2.24, 2.45) is 0 Å². The fraction of sp³-hybridized carbons (Fsp3) is 0.222. The van der Waals surface area contributed by atoms with Gasteiger partial charge in [0.25, 0.3) is 5.56 Å². The summed E-state index contributed by atoms with van der Waals surface area (Å²) in [5.41, 5.74) is 3.03. The summed E-state index contributed by atoms with van der Waals surface area (Å²) >= 11 is 5.93. The summed E-state index contributed by atoms with van der Waals surface area (Å²) in [6.45, 7) is 2.32. The minimum absolute atomic E-state index is 0.109. The summed E-state index contributed by atoms with van der Waals surface area (Å²) in [5.74, 6) is 0. The van der Waals surface area contributed by atoms with Crippen molar-refractivity contribution in [3.63, 3.8) is 0 Å². The van der Waals surface area contributed by atoms with Gasteiger partial charge in [-0.15, -0.1) is 5.10 Å². The van der Waals surface area contributed by atoms with Crippen molar-refractivity contribution in [2.45, 2.75) is 26.1 Å². The smallest absolute Gasteiger partial charge is 0.261 e. The van der Waals surface area contributed by atoms with Crippen molar-refractivity contribution >= 4 is 33.5 Å². The lowest BCUT2D eigenvalue weighted by Crippen LogP contribution is -2.29. The molecular formula is C18H16ClN5O2. The van der Waals surface area contributed by atoms with Crippen LogP contribution in [-0.2, 0) is 13.1 Å². The molecule has 2 heterocycles. The van der Waals surface area contributed by atoms with Gasteiger partial charge in [-0.3, -0.25) is 9.36 Å². The quantitative estimate of drug-likeness (QED) is 0.595. The number of benzene rings is 2. The average Bonchev–Trinajstić information content (AvgIpc) is 2.99. The molecule has 0 saturated carbocycles. The van der Waals surface area contributed by atoms with Gasteiger partial charge in [0.1, 0.15) is 5.52 Å². The van der Waals surface area contributed by atoms with E-state index in [4.69, 9.17) is 11.6 Å². The van der Waals surface area contributed by atoms with E-state index in [1.807, 2.05) is 25.1 Å². The number of nitrogens with zero attached hydrogens (tertiary/aromatic N) is 5. The largest absolute Gasteiger partial charge is 0.389 e. The normalized spacial score (nSPS) is 12.7. The van der Waals surface area contributed by atoms with Crippen molar-refractivity contribution in [1.29, 1.82) is 0 Å². The van der Waals surface area contributed by atoms with Crippen LogP contribution in [0.5, 0.6) is 0 Å². The maximum absolute atomic E-state index is 12.6. The number of hydrogen-bond donors (Lipinski definition) is 1. The van der Waals surface area contributed by atoms with E-state index in [0.717, 1.165) is 16.6 Å². The summed E-state index contributed by atoms with van der Waals surface area (Å²) < 4.78 is 3.03. The predicted octanol–water partition coefficient (Wildman–Crippen LogP) is 2.16. The first kappa shape index (κ1) is 16.7. The molecule has 4 aromatic rings. The lowest BCUT2D eigenvalue weighted by atomic mass is 10.2. The number of halogens is 1. The van der Waals surface area contributed by atoms with E-state index < -0.39 is 6.10 Å². The zero-order valence-electron chi connectivity index (χ0n) is 14.0. The lowest BCUT2D eigenvalue weighted by molar-refractivity contribution is 0.129. The van der Waals surface area contributed by atoms with Gasteiger partial charge in [-0.1, -0.05) is 22.9 Å². The van der Waals surface area contributed by atoms with Gasteiger partial charge in [0.2, 0.25) is 0 Å². The summed E-state index contributed by atoms with van der Waals surface area (Å²) in [5, 5.41) is 19.6. The van der Waals surface area contributed by atoms with Gasteiger partial charge in [-0.25, -0.2) is 9.67 Å². The van der Waals surface area contributed by atoms with E-state index >= 15 is 0 Å². The summed E-state index contributed by atoms with van der Waals surface area (Å²) in [7, 11) is 0. The minimum Gasteiger partial charge on any atom is -0.389 e. The third-order valence-electron chi connectivity index (χ3n) is 4.25. The molecule has 2 aromatic carbocycles. The number of aryl methyl sites for hydroxylation is 1. The highest BCUT2D eigenvalue weighted by molar-refractivity contribution is 6.31. The highest BCUT2D eigenvalue weighted by atomic mass is 35.5. The van der Waals surface area contributed by atoms with Gasteiger partial charge in [0, 0.05) is 5.02 Å². The maximum Gasteiger partial charge on any atom is 0.261 e. The molecule has 2 aromatic heterocycles. The van der Waals surface area contributed by atoms with Crippen molar-refractivity contribution in [3.8, 4) is 0 Å². The van der Waals surface area contributed by atoms with Crippen LogP contribution in [-0.4, -0.2) is 35.8 Å². The lowest BCUT2D eigenvalue weighted by Gasteiger charge is -2.13. The van der Waals surface area contributed by atoms with E-state index in [0.29, 0.717) is 15.9 Å². The van der Waals surface area contributed by atoms with Crippen LogP contribution in [0.15, 0.2) is 47.5 Å². The molecule has 0 bridgehead atoms. The van der Waals surface area contributed by atoms with E-state index in [-0.39, 0.29) is 18.6 Å². The zero-order valence-corrected chi connectivity index (χ0v) is 14.8. The number of fused-ring (bicyclic) bond motifs is 2. The molecule has 1 atom stereocenters. The van der Waals surface area contributed by atoms with Gasteiger partial charge in [-0.05, 0) is 42.8 Å². The molecule has 8 heteroatoms. The Kier molecular flexibility index (Phi) is 4.18. The Morgan fingerprint density at radius 1 is 1.15 bits per heavy atom. The van der Waals surface area contributed by atoms with Gasteiger partial charge >= 0.3 is 0 Å². The number of hydrogen-bond acceptors (Lipinski definition) is 5. The fourth-order valence-corrected chi connectivity index (χ4v) is 3.13. The molecule has 0 spiro atoms.